The lowest BCUT2D eigenvalue weighted by Crippen LogP contribution is -2.34. The van der Waals surface area contributed by atoms with E-state index in [1.165, 1.54) is 20.3 Å². The van der Waals surface area contributed by atoms with Crippen molar-refractivity contribution < 1.29 is 28.6 Å². The van der Waals surface area contributed by atoms with Crippen LogP contribution in [0.5, 0.6) is 11.5 Å². The first-order valence-corrected chi connectivity index (χ1v) is 10.4. The Morgan fingerprint density at radius 2 is 1.97 bits per heavy atom. The summed E-state index contributed by atoms with van der Waals surface area (Å²) in [4.78, 5) is 37.0. The number of nitrogens with zero attached hydrogens (tertiary/aromatic N) is 1. The minimum absolute atomic E-state index is 0.167. The van der Waals surface area contributed by atoms with Gasteiger partial charge in [0, 0.05) is 0 Å². The van der Waals surface area contributed by atoms with Gasteiger partial charge in [-0.15, -0.1) is 0 Å². The van der Waals surface area contributed by atoms with Crippen LogP contribution in [-0.2, 0) is 20.9 Å². The minimum atomic E-state index is -0.677. The molecule has 0 saturated carbocycles. The molecule has 1 aliphatic heterocycles. The van der Waals surface area contributed by atoms with E-state index in [0.717, 1.165) is 27.8 Å². The van der Waals surface area contributed by atoms with E-state index in [-0.39, 0.29) is 4.91 Å². The van der Waals surface area contributed by atoms with Crippen molar-refractivity contribution in [1.82, 2.24) is 4.90 Å². The van der Waals surface area contributed by atoms with Crippen LogP contribution in [0.2, 0.25) is 5.02 Å². The normalized spacial score (nSPS) is 14.8. The number of benzene rings is 2. The third-order valence-electron chi connectivity index (χ3n) is 4.40. The first kappa shape index (κ1) is 22.7. The molecule has 1 fully saturated rings. The number of imide groups is 1. The SMILES string of the molecule is COC(=O)CN1C(=O)S/C(=C\c2cc(Cl)c(OCc3cccc(C)c3)c(OC)c2)C1=O. The summed E-state index contributed by atoms with van der Waals surface area (Å²) in [6, 6.07) is 11.2. The first-order chi connectivity index (χ1) is 14.8. The molecular weight excluding hydrogens is 442 g/mol. The van der Waals surface area contributed by atoms with Crippen molar-refractivity contribution >= 4 is 46.6 Å². The molecule has 0 aliphatic carbocycles. The number of hydrogen-bond donors (Lipinski definition) is 0. The zero-order valence-corrected chi connectivity index (χ0v) is 18.7. The van der Waals surface area contributed by atoms with Crippen molar-refractivity contribution in [3.63, 3.8) is 0 Å². The van der Waals surface area contributed by atoms with Crippen LogP contribution in [0.4, 0.5) is 4.79 Å². The van der Waals surface area contributed by atoms with Crippen LogP contribution in [0.3, 0.4) is 0 Å². The van der Waals surface area contributed by atoms with Crippen LogP contribution >= 0.6 is 23.4 Å². The Hall–Kier alpha value is -2.97. The zero-order chi connectivity index (χ0) is 22.5. The predicted molar refractivity (Wildman–Crippen MR) is 118 cm³/mol. The Morgan fingerprint density at radius 3 is 2.65 bits per heavy atom. The molecule has 0 aromatic heterocycles. The number of amides is 2. The number of rotatable bonds is 7. The van der Waals surface area contributed by atoms with Gasteiger partial charge in [0.15, 0.2) is 11.5 Å². The Kier molecular flexibility index (Phi) is 7.25. The molecule has 0 N–H and O–H groups in total. The van der Waals surface area contributed by atoms with Crippen molar-refractivity contribution in [2.75, 3.05) is 20.8 Å². The summed E-state index contributed by atoms with van der Waals surface area (Å²) in [6.45, 7) is 1.87. The number of halogens is 1. The molecule has 0 atom stereocenters. The molecule has 1 saturated heterocycles. The maximum absolute atomic E-state index is 12.5. The Morgan fingerprint density at radius 1 is 1.19 bits per heavy atom. The molecule has 1 aliphatic rings. The van der Waals surface area contributed by atoms with Crippen LogP contribution < -0.4 is 9.47 Å². The first-order valence-electron chi connectivity index (χ1n) is 9.20. The van der Waals surface area contributed by atoms with Gasteiger partial charge in [-0.1, -0.05) is 41.4 Å². The van der Waals surface area contributed by atoms with Crippen molar-refractivity contribution in [1.29, 1.82) is 0 Å². The summed E-state index contributed by atoms with van der Waals surface area (Å²) >= 11 is 7.15. The van der Waals surface area contributed by atoms with E-state index in [1.54, 1.807) is 12.1 Å². The summed E-state index contributed by atoms with van der Waals surface area (Å²) in [5, 5.41) is -0.245. The van der Waals surface area contributed by atoms with E-state index < -0.39 is 23.7 Å². The molecule has 9 heteroatoms. The van der Waals surface area contributed by atoms with Gasteiger partial charge in [-0.2, -0.15) is 0 Å². The smallest absolute Gasteiger partial charge is 0.325 e. The topological polar surface area (TPSA) is 82.1 Å². The van der Waals surface area contributed by atoms with E-state index in [4.69, 9.17) is 21.1 Å². The molecule has 162 valence electrons. The van der Waals surface area contributed by atoms with E-state index in [1.807, 2.05) is 31.2 Å². The average molecular weight is 462 g/mol. The molecule has 2 aromatic rings. The van der Waals surface area contributed by atoms with Gasteiger partial charge in [0.1, 0.15) is 13.2 Å². The number of esters is 1. The number of methoxy groups -OCH3 is 2. The van der Waals surface area contributed by atoms with E-state index in [2.05, 4.69) is 4.74 Å². The Balaban J connectivity index is 1.81. The van der Waals surface area contributed by atoms with Crippen LogP contribution in [0, 0.1) is 6.92 Å². The lowest BCUT2D eigenvalue weighted by Gasteiger charge is -2.14. The number of hydrogen-bond acceptors (Lipinski definition) is 7. The number of thioether (sulfide) groups is 1. The van der Waals surface area contributed by atoms with Crippen LogP contribution in [0.25, 0.3) is 6.08 Å². The molecule has 0 spiro atoms. The largest absolute Gasteiger partial charge is 0.493 e. The third-order valence-corrected chi connectivity index (χ3v) is 5.59. The number of carbonyl (C=O) groups is 3. The highest BCUT2D eigenvalue weighted by Gasteiger charge is 2.36. The monoisotopic (exact) mass is 461 g/mol. The summed E-state index contributed by atoms with van der Waals surface area (Å²) in [5.74, 6) is -0.486. The van der Waals surface area contributed by atoms with Gasteiger partial charge in [0.05, 0.1) is 24.1 Å². The van der Waals surface area contributed by atoms with Crippen molar-refractivity contribution in [2.24, 2.45) is 0 Å². The zero-order valence-electron chi connectivity index (χ0n) is 17.1. The third kappa shape index (κ3) is 5.39. The highest BCUT2D eigenvalue weighted by Crippen LogP contribution is 2.39. The lowest BCUT2D eigenvalue weighted by molar-refractivity contribution is -0.143. The summed E-state index contributed by atoms with van der Waals surface area (Å²) in [5.41, 5.74) is 2.66. The fourth-order valence-electron chi connectivity index (χ4n) is 2.90. The Labute approximate surface area is 188 Å². The summed E-state index contributed by atoms with van der Waals surface area (Å²) in [7, 11) is 2.67. The van der Waals surface area contributed by atoms with Crippen molar-refractivity contribution in [3.8, 4) is 11.5 Å². The second-order valence-corrected chi connectivity index (χ2v) is 8.06. The van der Waals surface area contributed by atoms with Crippen molar-refractivity contribution in [2.45, 2.75) is 13.5 Å². The quantitative estimate of drug-likeness (QED) is 0.445. The van der Waals surface area contributed by atoms with Crippen LogP contribution in [-0.4, -0.2) is 42.8 Å². The van der Waals surface area contributed by atoms with E-state index in [9.17, 15) is 14.4 Å². The lowest BCUT2D eigenvalue weighted by atomic mass is 10.1. The molecule has 0 bridgehead atoms. The number of aryl methyl sites for hydroxylation is 1. The molecule has 2 amide bonds. The van der Waals surface area contributed by atoms with E-state index >= 15 is 0 Å². The Bertz CT molecular complexity index is 1070. The maximum Gasteiger partial charge on any atom is 0.325 e. The summed E-state index contributed by atoms with van der Waals surface area (Å²) < 4.78 is 15.8. The molecule has 7 nitrogen and oxygen atoms in total. The van der Waals surface area contributed by atoms with Crippen LogP contribution in [0.1, 0.15) is 16.7 Å². The number of ether oxygens (including phenoxy) is 3. The maximum atomic E-state index is 12.5. The van der Waals surface area contributed by atoms with Gasteiger partial charge in [0.25, 0.3) is 11.1 Å². The molecule has 0 unspecified atom stereocenters. The second kappa shape index (κ2) is 9.89. The molecule has 1 heterocycles. The standard InChI is InChI=1S/C22H20ClNO6S/c1-13-5-4-6-14(7-13)12-30-20-16(23)8-15(9-17(20)28-2)10-18-21(26)24(22(27)31-18)11-19(25)29-3/h4-10H,11-12H2,1-3H3/b18-10-. The fraction of sp³-hybridized carbons (Fsp3) is 0.227. The van der Waals surface area contributed by atoms with Gasteiger partial charge in [-0.25, -0.2) is 0 Å². The molecular formula is C22H20ClNO6S. The average Bonchev–Trinajstić information content (AvgIpc) is 2.99. The summed E-state index contributed by atoms with van der Waals surface area (Å²) in [6.07, 6.45) is 1.51. The fourth-order valence-corrected chi connectivity index (χ4v) is 4.01. The minimum Gasteiger partial charge on any atom is -0.493 e. The van der Waals surface area contributed by atoms with Gasteiger partial charge in [-0.05, 0) is 48.0 Å². The second-order valence-electron chi connectivity index (χ2n) is 6.66. The number of carbonyl (C=O) groups excluding carboxylic acids is 3. The predicted octanol–water partition coefficient (Wildman–Crippen LogP) is 4.45. The molecule has 31 heavy (non-hydrogen) atoms. The van der Waals surface area contributed by atoms with Crippen molar-refractivity contribution in [3.05, 3.63) is 63.0 Å². The van der Waals surface area contributed by atoms with Gasteiger partial charge in [-0.3, -0.25) is 19.3 Å². The van der Waals surface area contributed by atoms with Crippen LogP contribution in [0.15, 0.2) is 41.3 Å². The molecule has 3 rings (SSSR count). The highest BCUT2D eigenvalue weighted by molar-refractivity contribution is 8.18. The molecule has 2 aromatic carbocycles. The van der Waals surface area contributed by atoms with Gasteiger partial charge in [0.2, 0.25) is 0 Å². The van der Waals surface area contributed by atoms with Gasteiger partial charge < -0.3 is 14.2 Å². The van der Waals surface area contributed by atoms with Gasteiger partial charge >= 0.3 is 5.97 Å². The highest BCUT2D eigenvalue weighted by atomic mass is 35.5. The molecule has 0 radical (unpaired) electrons. The van der Waals surface area contributed by atoms with E-state index in [0.29, 0.717) is 28.7 Å².